The molecule has 1 aliphatic heterocycles. The lowest BCUT2D eigenvalue weighted by Crippen LogP contribution is -2.33. The molecular weight excluding hydrogens is 294 g/mol. The van der Waals surface area contributed by atoms with Crippen LogP contribution in [-0.2, 0) is 13.0 Å². The van der Waals surface area contributed by atoms with Crippen LogP contribution in [0.4, 0.5) is 0 Å². The van der Waals surface area contributed by atoms with Crippen LogP contribution in [0, 0.1) is 6.92 Å². The molecule has 0 spiro atoms. The fraction of sp³-hybridized carbons (Fsp3) is 0.500. The average molecular weight is 318 g/mol. The lowest BCUT2D eigenvalue weighted by molar-refractivity contribution is 0.189. The Morgan fingerprint density at radius 2 is 2.14 bits per heavy atom. The lowest BCUT2D eigenvalue weighted by Gasteiger charge is -2.35. The molecule has 2 aromatic rings. The molecule has 3 rings (SSSR count). The smallest absolute Gasteiger partial charge is 0.0638 e. The van der Waals surface area contributed by atoms with Crippen molar-refractivity contribution in [3.05, 3.63) is 51.8 Å². The zero-order valence-electron chi connectivity index (χ0n) is 13.8. The summed E-state index contributed by atoms with van der Waals surface area (Å²) in [4.78, 5) is 2.53. The van der Waals surface area contributed by atoms with E-state index in [1.165, 1.54) is 16.7 Å². The second-order valence-corrected chi connectivity index (χ2v) is 6.99. The second-order valence-electron chi connectivity index (χ2n) is 6.55. The van der Waals surface area contributed by atoms with Crippen LogP contribution in [0.2, 0.25) is 5.02 Å². The van der Waals surface area contributed by atoms with E-state index in [9.17, 15) is 0 Å². The molecule has 1 atom stereocenters. The Kier molecular flexibility index (Phi) is 4.28. The maximum absolute atomic E-state index is 6.12. The maximum atomic E-state index is 6.12. The van der Waals surface area contributed by atoms with Crippen LogP contribution in [0.25, 0.3) is 0 Å². The normalized spacial score (nSPS) is 18.7. The molecule has 1 aromatic heterocycles. The van der Waals surface area contributed by atoms with E-state index in [4.69, 9.17) is 11.6 Å². The Balaban J connectivity index is 1.81. The second kappa shape index (κ2) is 6.05. The number of benzene rings is 1. The molecule has 0 radical (unpaired) electrons. The zero-order valence-corrected chi connectivity index (χ0v) is 14.6. The largest absolute Gasteiger partial charge is 0.292 e. The first-order valence-electron chi connectivity index (χ1n) is 8.02. The van der Waals surface area contributed by atoms with Crippen LogP contribution in [0.5, 0.6) is 0 Å². The van der Waals surface area contributed by atoms with Crippen LogP contribution >= 0.6 is 11.6 Å². The van der Waals surface area contributed by atoms with Crippen LogP contribution in [0.1, 0.15) is 55.2 Å². The Labute approximate surface area is 137 Å². The highest BCUT2D eigenvalue weighted by Gasteiger charge is 2.24. The Bertz CT molecular complexity index is 675. The third kappa shape index (κ3) is 2.92. The van der Waals surface area contributed by atoms with Crippen molar-refractivity contribution in [3.63, 3.8) is 0 Å². The lowest BCUT2D eigenvalue weighted by atomic mass is 9.93. The number of aryl methyl sites for hydroxylation is 1. The maximum Gasteiger partial charge on any atom is 0.0638 e. The molecule has 0 aliphatic carbocycles. The van der Waals surface area contributed by atoms with Gasteiger partial charge >= 0.3 is 0 Å². The fourth-order valence-corrected chi connectivity index (χ4v) is 3.42. The summed E-state index contributed by atoms with van der Waals surface area (Å²) >= 11 is 6.12. The summed E-state index contributed by atoms with van der Waals surface area (Å²) in [5.41, 5.74) is 5.27. The highest BCUT2D eigenvalue weighted by molar-refractivity contribution is 6.30. The number of aromatic nitrogens is 2. The molecule has 0 saturated heterocycles. The van der Waals surface area contributed by atoms with Gasteiger partial charge < -0.3 is 0 Å². The molecule has 0 fully saturated rings. The van der Waals surface area contributed by atoms with E-state index in [1.807, 2.05) is 6.07 Å². The third-order valence-corrected chi connectivity index (χ3v) is 4.93. The average Bonchev–Trinajstić information content (AvgIpc) is 2.83. The minimum Gasteiger partial charge on any atom is -0.292 e. The monoisotopic (exact) mass is 317 g/mol. The summed E-state index contributed by atoms with van der Waals surface area (Å²) in [6.07, 6.45) is 3.27. The van der Waals surface area contributed by atoms with Crippen LogP contribution in [0.15, 0.2) is 24.4 Å². The van der Waals surface area contributed by atoms with Gasteiger partial charge in [-0.25, -0.2) is 0 Å². The predicted octanol–water partition coefficient (Wildman–Crippen LogP) is 4.55. The summed E-state index contributed by atoms with van der Waals surface area (Å²) < 4.78 is 2.06. The van der Waals surface area contributed by atoms with E-state index >= 15 is 0 Å². The molecule has 118 valence electrons. The first-order chi connectivity index (χ1) is 10.5. The summed E-state index contributed by atoms with van der Waals surface area (Å²) in [6.45, 7) is 10.8. The van der Waals surface area contributed by atoms with E-state index in [1.54, 1.807) is 0 Å². The van der Waals surface area contributed by atoms with Gasteiger partial charge in [-0.05, 0) is 57.4 Å². The summed E-state index contributed by atoms with van der Waals surface area (Å²) in [5, 5.41) is 5.47. The SMILES string of the molecule is Cc1nn(C(C)C)cc1CN1CCc2cc(Cl)ccc2C1C. The summed E-state index contributed by atoms with van der Waals surface area (Å²) in [7, 11) is 0. The summed E-state index contributed by atoms with van der Waals surface area (Å²) in [6, 6.07) is 7.13. The fourth-order valence-electron chi connectivity index (χ4n) is 3.23. The first-order valence-corrected chi connectivity index (χ1v) is 8.40. The van der Waals surface area contributed by atoms with Crippen molar-refractivity contribution in [3.8, 4) is 0 Å². The molecule has 0 bridgehead atoms. The van der Waals surface area contributed by atoms with Gasteiger partial charge in [0.15, 0.2) is 0 Å². The minimum atomic E-state index is 0.411. The van der Waals surface area contributed by atoms with Gasteiger partial charge in [-0.3, -0.25) is 9.58 Å². The number of hydrogen-bond acceptors (Lipinski definition) is 2. The third-order valence-electron chi connectivity index (χ3n) is 4.69. The summed E-state index contributed by atoms with van der Waals surface area (Å²) in [5.74, 6) is 0. The van der Waals surface area contributed by atoms with E-state index in [2.05, 4.69) is 60.7 Å². The highest BCUT2D eigenvalue weighted by Crippen LogP contribution is 2.32. The standard InChI is InChI=1S/C18H24ClN3/c1-12(2)22-11-16(13(3)20-22)10-21-8-7-15-9-17(19)5-6-18(15)14(21)4/h5-6,9,11-12,14H,7-8,10H2,1-4H3. The molecule has 22 heavy (non-hydrogen) atoms. The Hall–Kier alpha value is -1.32. The van der Waals surface area contributed by atoms with Crippen LogP contribution in [0.3, 0.4) is 0 Å². The van der Waals surface area contributed by atoms with Crippen molar-refractivity contribution in [2.75, 3.05) is 6.54 Å². The van der Waals surface area contributed by atoms with Gasteiger partial charge in [0.2, 0.25) is 0 Å². The molecule has 0 amide bonds. The van der Waals surface area contributed by atoms with Crippen LogP contribution < -0.4 is 0 Å². The molecule has 4 heteroatoms. The highest BCUT2D eigenvalue weighted by atomic mass is 35.5. The number of nitrogens with zero attached hydrogens (tertiary/aromatic N) is 3. The van der Waals surface area contributed by atoms with E-state index in [0.717, 1.165) is 30.2 Å². The van der Waals surface area contributed by atoms with Crippen molar-refractivity contribution in [2.24, 2.45) is 0 Å². The van der Waals surface area contributed by atoms with Gasteiger partial charge in [0.25, 0.3) is 0 Å². The number of halogens is 1. The van der Waals surface area contributed by atoms with Crippen molar-refractivity contribution in [1.82, 2.24) is 14.7 Å². The van der Waals surface area contributed by atoms with Crippen LogP contribution in [-0.4, -0.2) is 21.2 Å². The van der Waals surface area contributed by atoms with Crippen molar-refractivity contribution in [2.45, 2.75) is 52.7 Å². The number of hydrogen-bond donors (Lipinski definition) is 0. The van der Waals surface area contributed by atoms with Crippen molar-refractivity contribution in [1.29, 1.82) is 0 Å². The van der Waals surface area contributed by atoms with Crippen molar-refractivity contribution >= 4 is 11.6 Å². The van der Waals surface area contributed by atoms with Gasteiger partial charge in [-0.2, -0.15) is 5.10 Å². The molecule has 1 aromatic carbocycles. The van der Waals surface area contributed by atoms with Gasteiger partial charge in [-0.1, -0.05) is 17.7 Å². The minimum absolute atomic E-state index is 0.411. The molecular formula is C18H24ClN3. The quantitative estimate of drug-likeness (QED) is 0.828. The van der Waals surface area contributed by atoms with E-state index < -0.39 is 0 Å². The molecule has 0 N–H and O–H groups in total. The molecule has 1 aliphatic rings. The molecule has 2 heterocycles. The van der Waals surface area contributed by atoms with E-state index in [-0.39, 0.29) is 0 Å². The number of rotatable bonds is 3. The van der Waals surface area contributed by atoms with Gasteiger partial charge in [-0.15, -0.1) is 0 Å². The predicted molar refractivity (Wildman–Crippen MR) is 91.3 cm³/mol. The molecule has 3 nitrogen and oxygen atoms in total. The van der Waals surface area contributed by atoms with Gasteiger partial charge in [0, 0.05) is 42.0 Å². The molecule has 1 unspecified atom stereocenters. The molecule has 0 saturated carbocycles. The zero-order chi connectivity index (χ0) is 15.9. The number of fused-ring (bicyclic) bond motifs is 1. The Morgan fingerprint density at radius 3 is 2.82 bits per heavy atom. The van der Waals surface area contributed by atoms with E-state index in [0.29, 0.717) is 12.1 Å². The topological polar surface area (TPSA) is 21.1 Å². The Morgan fingerprint density at radius 1 is 1.36 bits per heavy atom. The van der Waals surface area contributed by atoms with Gasteiger partial charge in [0.1, 0.15) is 0 Å². The van der Waals surface area contributed by atoms with Gasteiger partial charge in [0.05, 0.1) is 5.69 Å². The van der Waals surface area contributed by atoms with Crippen molar-refractivity contribution < 1.29 is 0 Å². The first kappa shape index (κ1) is 15.6.